The van der Waals surface area contributed by atoms with Crippen LogP contribution in [0.15, 0.2) is 0 Å². The molecule has 32 heavy (non-hydrogen) atoms. The fraction of sp³-hybridized carbons (Fsp3) is 1.00. The molecule has 0 radical (unpaired) electrons. The van der Waals surface area contributed by atoms with Crippen molar-refractivity contribution >= 4 is 10.4 Å². The Morgan fingerprint density at radius 2 is 1.31 bits per heavy atom. The lowest BCUT2D eigenvalue weighted by Crippen LogP contribution is -2.67. The summed E-state index contributed by atoms with van der Waals surface area (Å²) in [5.74, 6) is -4.41. The minimum Gasteiger partial charge on any atom is -0.394 e. The molecule has 0 amide bonds. The highest BCUT2D eigenvalue weighted by Gasteiger charge is 2.73. The van der Waals surface area contributed by atoms with E-state index in [-0.39, 0.29) is 26.2 Å². The summed E-state index contributed by atoms with van der Waals surface area (Å²) in [6, 6.07) is 0. The van der Waals surface area contributed by atoms with E-state index in [0.29, 0.717) is 6.42 Å². The summed E-state index contributed by atoms with van der Waals surface area (Å²) in [5, 5.41) is 19.4. The summed E-state index contributed by atoms with van der Waals surface area (Å²) in [6.45, 7) is 2.15. The van der Waals surface area contributed by atoms with Crippen LogP contribution < -0.4 is 0 Å². The van der Waals surface area contributed by atoms with Crippen LogP contribution in [-0.2, 0) is 33.0 Å². The first-order valence-electron chi connectivity index (χ1n) is 12.3. The Balaban J connectivity index is 1.54. The number of rotatable bonds is 19. The van der Waals surface area contributed by atoms with E-state index in [2.05, 4.69) is 6.92 Å². The van der Waals surface area contributed by atoms with Gasteiger partial charge in [0.15, 0.2) is 6.29 Å². The van der Waals surface area contributed by atoms with Crippen molar-refractivity contribution in [2.45, 2.75) is 121 Å². The van der Waals surface area contributed by atoms with E-state index in [1.165, 1.54) is 64.2 Å². The van der Waals surface area contributed by atoms with E-state index in [9.17, 15) is 13.5 Å². The van der Waals surface area contributed by atoms with Crippen molar-refractivity contribution < 1.29 is 41.2 Å². The van der Waals surface area contributed by atoms with Gasteiger partial charge in [0.25, 0.3) is 5.79 Å². The van der Waals surface area contributed by atoms with Crippen molar-refractivity contribution in [3.63, 3.8) is 0 Å². The minimum absolute atomic E-state index is 0.00841. The van der Waals surface area contributed by atoms with Gasteiger partial charge in [-0.05, 0) is 6.42 Å². The van der Waals surface area contributed by atoms with Crippen LogP contribution in [0.4, 0.5) is 0 Å². The standard InChI is InChI=1S/C22H42O9S/c1-2-3-4-5-6-7-8-9-10-11-12-13-14-15-16-21(24)22(31-32(25,26)30-21)28-20(29-22)19-27-18-17-23/h20,23-24H,2-19H2,1H3. The van der Waals surface area contributed by atoms with E-state index in [1.807, 2.05) is 0 Å². The molecule has 9 nitrogen and oxygen atoms in total. The molecular formula is C22H42O9S. The Morgan fingerprint density at radius 3 is 1.81 bits per heavy atom. The van der Waals surface area contributed by atoms with Crippen LogP contribution in [0, 0.1) is 0 Å². The zero-order valence-corrected chi connectivity index (χ0v) is 20.3. The van der Waals surface area contributed by atoms with Crippen LogP contribution in [0.2, 0.25) is 0 Å². The first kappa shape index (κ1) is 27.9. The van der Waals surface area contributed by atoms with Gasteiger partial charge in [-0.15, -0.1) is 0 Å². The van der Waals surface area contributed by atoms with Gasteiger partial charge in [-0.25, -0.2) is 4.18 Å². The molecule has 0 bridgehead atoms. The maximum absolute atomic E-state index is 11.7. The third kappa shape index (κ3) is 8.79. The molecule has 2 N–H and O–H groups in total. The van der Waals surface area contributed by atoms with Gasteiger partial charge in [-0.3, -0.25) is 9.47 Å². The number of ether oxygens (including phenoxy) is 3. The molecule has 190 valence electrons. The summed E-state index contributed by atoms with van der Waals surface area (Å²) in [6.07, 6.45) is 15.8. The topological polar surface area (TPSA) is 121 Å². The van der Waals surface area contributed by atoms with Crippen LogP contribution in [-0.4, -0.2) is 56.5 Å². The van der Waals surface area contributed by atoms with Crippen LogP contribution in [0.5, 0.6) is 0 Å². The fourth-order valence-electron chi connectivity index (χ4n) is 4.08. The van der Waals surface area contributed by atoms with Gasteiger partial charge >= 0.3 is 16.4 Å². The Labute approximate surface area is 193 Å². The number of unbranched alkanes of at least 4 members (excludes halogenated alkanes) is 13. The molecule has 2 rings (SSSR count). The average molecular weight is 483 g/mol. The van der Waals surface area contributed by atoms with Gasteiger partial charge in [-0.2, -0.15) is 12.6 Å². The van der Waals surface area contributed by atoms with Crippen molar-refractivity contribution in [3.8, 4) is 0 Å². The molecule has 1 atom stereocenters. The zero-order valence-electron chi connectivity index (χ0n) is 19.5. The normalized spacial score (nSPS) is 28.9. The Kier molecular flexibility index (Phi) is 12.3. The fourth-order valence-corrected chi connectivity index (χ4v) is 5.12. The van der Waals surface area contributed by atoms with Gasteiger partial charge < -0.3 is 14.9 Å². The maximum atomic E-state index is 11.7. The maximum Gasteiger partial charge on any atom is 0.407 e. The molecule has 0 aromatic heterocycles. The first-order chi connectivity index (χ1) is 15.4. The van der Waals surface area contributed by atoms with Crippen LogP contribution in [0.25, 0.3) is 0 Å². The number of hydrogen-bond donors (Lipinski definition) is 2. The van der Waals surface area contributed by atoms with Crippen LogP contribution in [0.3, 0.4) is 0 Å². The molecule has 10 heteroatoms. The van der Waals surface area contributed by atoms with Crippen molar-refractivity contribution in [2.24, 2.45) is 0 Å². The smallest absolute Gasteiger partial charge is 0.394 e. The summed E-state index contributed by atoms with van der Waals surface area (Å²) in [4.78, 5) is 0. The molecular weight excluding hydrogens is 440 g/mol. The molecule has 0 aliphatic carbocycles. The monoisotopic (exact) mass is 482 g/mol. The SMILES string of the molecule is CCCCCCCCCCCCCCCCC1(O)OS(=O)(=O)OC12OC(COCCO)O2. The summed E-state index contributed by atoms with van der Waals surface area (Å²) in [7, 11) is -4.42. The molecule has 1 unspecified atom stereocenters. The first-order valence-corrected chi connectivity index (χ1v) is 13.6. The quantitative estimate of drug-likeness (QED) is 0.264. The summed E-state index contributed by atoms with van der Waals surface area (Å²) in [5.41, 5.74) is 0. The lowest BCUT2D eigenvalue weighted by Gasteiger charge is -2.46. The highest BCUT2D eigenvalue weighted by molar-refractivity contribution is 7.82. The van der Waals surface area contributed by atoms with Gasteiger partial charge in [0, 0.05) is 6.42 Å². The van der Waals surface area contributed by atoms with Gasteiger partial charge in [-0.1, -0.05) is 90.4 Å². The Hall–Kier alpha value is -0.330. The van der Waals surface area contributed by atoms with Crippen LogP contribution >= 0.6 is 0 Å². The number of hydrogen-bond acceptors (Lipinski definition) is 9. The van der Waals surface area contributed by atoms with E-state index in [0.717, 1.165) is 19.3 Å². The molecule has 2 heterocycles. The van der Waals surface area contributed by atoms with E-state index >= 15 is 0 Å². The molecule has 2 saturated heterocycles. The lowest BCUT2D eigenvalue weighted by atomic mass is 10.0. The second-order valence-corrected chi connectivity index (χ2v) is 9.88. The minimum atomic E-state index is -4.42. The summed E-state index contributed by atoms with van der Waals surface area (Å²) < 4.78 is 48.8. The van der Waals surface area contributed by atoms with Crippen LogP contribution in [0.1, 0.15) is 103 Å². The molecule has 0 aromatic carbocycles. The largest absolute Gasteiger partial charge is 0.407 e. The summed E-state index contributed by atoms with van der Waals surface area (Å²) >= 11 is 0. The highest BCUT2D eigenvalue weighted by atomic mass is 32.3. The van der Waals surface area contributed by atoms with Gasteiger partial charge in [0.2, 0.25) is 0 Å². The van der Waals surface area contributed by atoms with E-state index in [4.69, 9.17) is 27.7 Å². The Morgan fingerprint density at radius 1 is 0.812 bits per heavy atom. The van der Waals surface area contributed by atoms with E-state index < -0.39 is 28.4 Å². The molecule has 2 fully saturated rings. The number of aliphatic hydroxyl groups excluding tert-OH is 1. The molecule has 2 aliphatic rings. The van der Waals surface area contributed by atoms with Crippen molar-refractivity contribution in [1.82, 2.24) is 0 Å². The second-order valence-electron chi connectivity index (χ2n) is 8.73. The third-order valence-corrected chi connectivity index (χ3v) is 6.77. The second kappa shape index (κ2) is 14.2. The average Bonchev–Trinajstić information content (AvgIpc) is 2.93. The Bertz CT molecular complexity index is 607. The van der Waals surface area contributed by atoms with Crippen molar-refractivity contribution in [2.75, 3.05) is 19.8 Å². The van der Waals surface area contributed by atoms with Crippen molar-refractivity contribution in [3.05, 3.63) is 0 Å². The zero-order chi connectivity index (χ0) is 23.3. The van der Waals surface area contributed by atoms with Crippen molar-refractivity contribution in [1.29, 1.82) is 0 Å². The lowest BCUT2D eigenvalue weighted by molar-refractivity contribution is -0.569. The number of aliphatic hydroxyl groups is 2. The van der Waals surface area contributed by atoms with Gasteiger partial charge in [0.05, 0.1) is 19.8 Å². The van der Waals surface area contributed by atoms with E-state index in [1.54, 1.807) is 0 Å². The predicted octanol–water partition coefficient (Wildman–Crippen LogP) is 3.87. The molecule has 0 aromatic rings. The molecule has 2 aliphatic heterocycles. The van der Waals surface area contributed by atoms with Gasteiger partial charge in [0.1, 0.15) is 0 Å². The molecule has 0 saturated carbocycles. The third-order valence-electron chi connectivity index (χ3n) is 5.86. The molecule has 1 spiro atoms. The highest BCUT2D eigenvalue weighted by Crippen LogP contribution is 2.50. The predicted molar refractivity (Wildman–Crippen MR) is 118 cm³/mol.